The van der Waals surface area contributed by atoms with Crippen LogP contribution in [0.4, 0.5) is 112 Å². The van der Waals surface area contributed by atoms with Crippen LogP contribution in [-0.4, -0.2) is 208 Å². The van der Waals surface area contributed by atoms with Gasteiger partial charge in [0.25, 0.3) is 0 Å². The van der Waals surface area contributed by atoms with Gasteiger partial charge in [0.1, 0.15) is 29.1 Å². The molecular weight excluding hydrogens is 1650 g/mol. The zero-order valence-corrected chi connectivity index (χ0v) is 75.7. The van der Waals surface area contributed by atoms with Crippen LogP contribution in [0.3, 0.4) is 0 Å². The molecule has 0 fully saturated rings. The van der Waals surface area contributed by atoms with E-state index in [0.717, 1.165) is 80.4 Å². The van der Waals surface area contributed by atoms with Crippen LogP contribution >= 0.6 is 0 Å². The molecule has 0 saturated carbocycles. The van der Waals surface area contributed by atoms with Crippen molar-refractivity contribution in [3.8, 4) is 23.0 Å². The van der Waals surface area contributed by atoms with Gasteiger partial charge in [-0.3, -0.25) is 0 Å². The molecule has 7 aromatic carbocycles. The standard InChI is InChI=1S/C15H21N5.2C14H19N5.C13H17N5.C12H15N5.C11H12N6O2.C10H10N6O2/c1-12-17-14(19-15(18-12)20(2)3)16-11-7-10-13-8-5-4-6-9-13;1-11-16-13(18-14(17-11)19(2)3)15-10-9-12-7-5-4-6-8-12;1-11-17-13(15-2)19-14(18-11)16-10-6-9-12-7-4-3-5-8-12;1-10-15-12(17-13(16-10)18(2)3)14-9-11-7-5-4-6-8-11;1-9-13-11(16-12(14-9)17(2)3)15-10-7-5-4-6-8-10;1-17(11-15-9(12)14-10(13)16-11)6-2-3-7-8(4-6)19-5-18-7;11-8-14-9(12)16-10(15-8)13-5-1-2-6-7(3-5)18-4-17-6/h4-6,8-9H,7,10-11H2,1-3H3,(H,16,17,18,19);4-8H,9-10H2,1-3H3,(H,15,16,17,18);3-5,7-8H,6,9-10H2,1-2H3,(H2,15,16,17,18,19);4-8H,9H2,1-3H3,(H,14,15,16,17);4-8H,1-3H3,(H,13,14,15,16);2-4H,5H2,1H3,(H4,12,13,14,15,16);1-3H,4H2,(H5,11,12,13,14,15,16). The molecule has 2 aliphatic heterocycles. The molecule has 0 aliphatic carbocycles. The average molecular weight is 1770 g/mol. The van der Waals surface area contributed by atoms with Gasteiger partial charge in [-0.15, -0.1) is 0 Å². The second kappa shape index (κ2) is 49.3. The first-order valence-corrected chi connectivity index (χ1v) is 41.5. The van der Waals surface area contributed by atoms with E-state index in [1.165, 1.54) is 22.3 Å². The summed E-state index contributed by atoms with van der Waals surface area (Å²) in [5.74, 6) is 13.6. The highest BCUT2D eigenvalue weighted by molar-refractivity contribution is 5.64. The highest BCUT2D eigenvalue weighted by Crippen LogP contribution is 2.37. The highest BCUT2D eigenvalue weighted by atomic mass is 16.7. The number of aromatic nitrogens is 21. The van der Waals surface area contributed by atoms with E-state index in [9.17, 15) is 0 Å². The third-order valence-corrected chi connectivity index (χ3v) is 17.9. The number of anilines is 19. The van der Waals surface area contributed by atoms with Gasteiger partial charge in [-0.05, 0) is 125 Å². The molecule has 130 heavy (non-hydrogen) atoms. The summed E-state index contributed by atoms with van der Waals surface area (Å²) in [6.07, 6.45) is 5.15. The van der Waals surface area contributed by atoms with Gasteiger partial charge in [-0.2, -0.15) is 105 Å². The Labute approximate surface area is 756 Å². The maximum absolute atomic E-state index is 5.55. The number of aryl methyl sites for hydroxylation is 7. The lowest BCUT2D eigenvalue weighted by atomic mass is 10.1. The molecule has 0 bridgehead atoms. The highest BCUT2D eigenvalue weighted by Gasteiger charge is 2.19. The first kappa shape index (κ1) is 95.8. The minimum absolute atomic E-state index is 0.0609. The van der Waals surface area contributed by atoms with E-state index in [-0.39, 0.29) is 43.3 Å². The molecule has 14 aromatic rings. The summed E-state index contributed by atoms with van der Waals surface area (Å²) in [4.78, 5) is 96.7. The number of nitrogen functional groups attached to an aromatic ring is 4. The van der Waals surface area contributed by atoms with Crippen LogP contribution in [0.5, 0.6) is 23.0 Å². The van der Waals surface area contributed by atoms with Crippen molar-refractivity contribution in [3.63, 3.8) is 0 Å². The van der Waals surface area contributed by atoms with Gasteiger partial charge in [-0.25, -0.2) is 0 Å². The lowest BCUT2D eigenvalue weighted by molar-refractivity contribution is 0.173. The van der Waals surface area contributed by atoms with Crippen molar-refractivity contribution in [1.29, 1.82) is 0 Å². The molecule has 0 spiro atoms. The fourth-order valence-corrected chi connectivity index (χ4v) is 11.6. The van der Waals surface area contributed by atoms with E-state index in [4.69, 9.17) is 41.9 Å². The number of ether oxygens (including phenoxy) is 4. The molecule has 41 heteroatoms. The number of fused-ring (bicyclic) bond motifs is 2. The van der Waals surface area contributed by atoms with Crippen LogP contribution < -0.4 is 104 Å². The molecule has 0 unspecified atom stereocenters. The summed E-state index contributed by atoms with van der Waals surface area (Å²) in [7, 11) is 18.9. The lowest BCUT2D eigenvalue weighted by Gasteiger charge is -2.17. The summed E-state index contributed by atoms with van der Waals surface area (Å²) >= 11 is 0. The second-order valence-corrected chi connectivity index (χ2v) is 29.4. The molecular formula is C89H113N37O4. The smallest absolute Gasteiger partial charge is 0.236 e. The van der Waals surface area contributed by atoms with Crippen molar-refractivity contribution >= 4 is 112 Å². The van der Waals surface area contributed by atoms with E-state index >= 15 is 0 Å². The first-order valence-electron chi connectivity index (χ1n) is 41.5. The Balaban J connectivity index is 0.000000158. The van der Waals surface area contributed by atoms with Gasteiger partial charge < -0.3 is 104 Å². The molecule has 0 amide bonds. The minimum atomic E-state index is 0.0609. The molecule has 678 valence electrons. The average Bonchev–Trinajstić information content (AvgIpc) is 1.69. The maximum atomic E-state index is 5.55. The third kappa shape index (κ3) is 32.6. The topological polar surface area (TPSA) is 512 Å². The largest absolute Gasteiger partial charge is 0.454 e. The first-order chi connectivity index (χ1) is 62.7. The predicted octanol–water partition coefficient (Wildman–Crippen LogP) is 11.3. The molecule has 7 aromatic heterocycles. The summed E-state index contributed by atoms with van der Waals surface area (Å²) in [6.45, 7) is 13.0. The molecule has 2 aliphatic rings. The SMILES string of the molecule is CN(c1ccc2c(c1)OCO2)c1nc(N)nc(N)n1.CNc1nc(C)nc(NCCCc2ccccc2)n1.Cc1nc(NCCCc2ccccc2)nc(N(C)C)n1.Cc1nc(NCCc2ccccc2)nc(N(C)C)n1.Cc1nc(NCc2ccccc2)nc(N(C)C)n1.Cc1nc(Nc2ccccc2)nc(N(C)C)n1.Nc1nc(N)nc(Nc2ccc3c(c2)OCO3)n1. The van der Waals surface area contributed by atoms with E-state index in [0.29, 0.717) is 112 Å². The second-order valence-electron chi connectivity index (χ2n) is 29.4. The van der Waals surface area contributed by atoms with Crippen molar-refractivity contribution in [3.05, 3.63) is 239 Å². The van der Waals surface area contributed by atoms with E-state index in [1.807, 2.05) is 214 Å². The monoisotopic (exact) mass is 1760 g/mol. The van der Waals surface area contributed by atoms with Crippen LogP contribution in [-0.2, 0) is 25.8 Å². The molecule has 16 rings (SSSR count). The van der Waals surface area contributed by atoms with Crippen LogP contribution in [0.15, 0.2) is 188 Å². The fraction of sp³-hybridized carbons (Fsp3) is 0.292. The van der Waals surface area contributed by atoms with Crippen LogP contribution in [0.2, 0.25) is 0 Å². The number of nitrogens with two attached hydrogens (primary N) is 4. The summed E-state index contributed by atoms with van der Waals surface area (Å²) in [5, 5.41) is 22.0. The third-order valence-electron chi connectivity index (χ3n) is 17.9. The van der Waals surface area contributed by atoms with Crippen molar-refractivity contribution < 1.29 is 18.9 Å². The number of rotatable bonds is 28. The van der Waals surface area contributed by atoms with Crippen LogP contribution in [0.25, 0.3) is 0 Å². The van der Waals surface area contributed by atoms with Crippen LogP contribution in [0, 0.1) is 34.6 Å². The summed E-state index contributed by atoms with van der Waals surface area (Å²) < 4.78 is 21.0. The lowest BCUT2D eigenvalue weighted by Crippen LogP contribution is -2.16. The Hall–Kier alpha value is -16.4. The summed E-state index contributed by atoms with van der Waals surface area (Å²) in [6, 6.07) is 62.2. The number of benzene rings is 7. The molecule has 15 N–H and O–H groups in total. The van der Waals surface area contributed by atoms with Gasteiger partial charge in [-0.1, -0.05) is 140 Å². The van der Waals surface area contributed by atoms with Crippen LogP contribution in [0.1, 0.15) is 64.2 Å². The van der Waals surface area contributed by atoms with E-state index in [1.54, 1.807) is 31.1 Å². The Bertz CT molecular complexity index is 5770. The quantitative estimate of drug-likeness (QED) is 0.0203. The van der Waals surface area contributed by atoms with Crippen molar-refractivity contribution in [2.75, 3.05) is 188 Å². The Morgan fingerprint density at radius 2 is 0.623 bits per heavy atom. The Morgan fingerprint density at radius 1 is 0.285 bits per heavy atom. The summed E-state index contributed by atoms with van der Waals surface area (Å²) in [5.41, 5.74) is 29.8. The number of hydrogen-bond donors (Lipinski definition) is 11. The zero-order valence-electron chi connectivity index (χ0n) is 75.7. The van der Waals surface area contributed by atoms with Gasteiger partial charge in [0.2, 0.25) is 109 Å². The number of nitrogens with zero attached hydrogens (tertiary/aromatic N) is 26. The number of para-hydroxylation sites is 1. The number of nitrogens with one attached hydrogen (secondary N) is 7. The zero-order chi connectivity index (χ0) is 92.7. The molecule has 0 radical (unpaired) electrons. The van der Waals surface area contributed by atoms with E-state index < -0.39 is 0 Å². The molecule has 0 atom stereocenters. The van der Waals surface area contributed by atoms with Crippen molar-refractivity contribution in [2.45, 2.75) is 73.3 Å². The number of hydrogen-bond acceptors (Lipinski definition) is 41. The Kier molecular flexibility index (Phi) is 36.4. The van der Waals surface area contributed by atoms with Gasteiger partial charge in [0.05, 0.1) is 0 Å². The maximum Gasteiger partial charge on any atom is 0.236 e. The van der Waals surface area contributed by atoms with E-state index in [2.05, 4.69) is 215 Å². The van der Waals surface area contributed by atoms with Gasteiger partial charge in [0, 0.05) is 126 Å². The van der Waals surface area contributed by atoms with Crippen molar-refractivity contribution in [1.82, 2.24) is 105 Å². The van der Waals surface area contributed by atoms with Crippen molar-refractivity contribution in [2.24, 2.45) is 0 Å². The predicted molar refractivity (Wildman–Crippen MR) is 512 cm³/mol. The fourth-order valence-electron chi connectivity index (χ4n) is 11.6. The molecule has 0 saturated heterocycles. The van der Waals surface area contributed by atoms with Gasteiger partial charge >= 0.3 is 0 Å². The molecule has 9 heterocycles. The molecule has 41 nitrogen and oxygen atoms in total. The minimum Gasteiger partial charge on any atom is -0.454 e. The normalized spacial score (nSPS) is 10.9. The Morgan fingerprint density at radius 3 is 1.07 bits per heavy atom. The van der Waals surface area contributed by atoms with Gasteiger partial charge in [0.15, 0.2) is 23.0 Å².